The summed E-state index contributed by atoms with van der Waals surface area (Å²) in [6.07, 6.45) is -4.60. The maximum Gasteiger partial charge on any atom is 0.416 e. The Bertz CT molecular complexity index is 1310. The SMILES string of the molecule is CC(c1ccc(C(F)(F)F)cc1C(F)(F)F)n1cc(NC(=O)c2cnc(-c3ccco3)s2)cn1. The number of halogens is 6. The Morgan fingerprint density at radius 3 is 2.53 bits per heavy atom. The minimum absolute atomic E-state index is 0.0818. The average Bonchev–Trinajstić information content (AvgIpc) is 3.52. The van der Waals surface area contributed by atoms with Crippen LogP contribution >= 0.6 is 11.3 Å². The molecular weight excluding hydrogens is 486 g/mol. The quantitative estimate of drug-likeness (QED) is 0.318. The summed E-state index contributed by atoms with van der Waals surface area (Å²) in [4.78, 5) is 16.9. The zero-order chi connectivity index (χ0) is 24.7. The molecule has 1 unspecified atom stereocenters. The molecule has 13 heteroatoms. The van der Waals surface area contributed by atoms with Gasteiger partial charge in [-0.3, -0.25) is 9.48 Å². The molecule has 0 aliphatic rings. The van der Waals surface area contributed by atoms with Crippen molar-refractivity contribution in [2.24, 2.45) is 0 Å². The van der Waals surface area contributed by atoms with Gasteiger partial charge >= 0.3 is 12.4 Å². The number of amides is 1. The Labute approximate surface area is 191 Å². The van der Waals surface area contributed by atoms with Crippen molar-refractivity contribution >= 4 is 22.9 Å². The molecule has 0 fully saturated rings. The second-order valence-electron chi connectivity index (χ2n) is 7.14. The molecule has 0 bridgehead atoms. The minimum Gasteiger partial charge on any atom is -0.462 e. The Kier molecular flexibility index (Phi) is 5.98. The molecule has 1 aromatic carbocycles. The van der Waals surface area contributed by atoms with Crippen molar-refractivity contribution in [1.82, 2.24) is 14.8 Å². The summed E-state index contributed by atoms with van der Waals surface area (Å²) in [5.41, 5.74) is -3.02. The highest BCUT2D eigenvalue weighted by molar-refractivity contribution is 7.17. The van der Waals surface area contributed by atoms with Crippen LogP contribution in [-0.4, -0.2) is 20.7 Å². The molecule has 0 aliphatic carbocycles. The number of aromatic nitrogens is 3. The van der Waals surface area contributed by atoms with Crippen molar-refractivity contribution in [1.29, 1.82) is 0 Å². The van der Waals surface area contributed by atoms with Crippen molar-refractivity contribution < 1.29 is 35.6 Å². The molecule has 1 N–H and O–H groups in total. The van der Waals surface area contributed by atoms with Crippen LogP contribution in [0.25, 0.3) is 10.8 Å². The number of nitrogens with zero attached hydrogens (tertiary/aromatic N) is 3. The van der Waals surface area contributed by atoms with Gasteiger partial charge in [0, 0.05) is 6.20 Å². The fourth-order valence-electron chi connectivity index (χ4n) is 3.19. The van der Waals surface area contributed by atoms with E-state index in [0.717, 1.165) is 22.1 Å². The number of alkyl halides is 6. The van der Waals surface area contributed by atoms with Crippen LogP contribution in [0, 0.1) is 0 Å². The van der Waals surface area contributed by atoms with Gasteiger partial charge in [-0.2, -0.15) is 31.4 Å². The molecular formula is C21H14F6N4O2S. The van der Waals surface area contributed by atoms with E-state index < -0.39 is 41.0 Å². The zero-order valence-corrected chi connectivity index (χ0v) is 17.9. The third kappa shape index (κ3) is 4.83. The molecule has 4 rings (SSSR count). The number of carbonyl (C=O) groups excluding carboxylic acids is 1. The van der Waals surface area contributed by atoms with Gasteiger partial charge in [-0.05, 0) is 36.8 Å². The summed E-state index contributed by atoms with van der Waals surface area (Å²) in [6.45, 7) is 1.36. The maximum atomic E-state index is 13.5. The van der Waals surface area contributed by atoms with Gasteiger partial charge < -0.3 is 9.73 Å². The molecule has 34 heavy (non-hydrogen) atoms. The normalized spacial score (nSPS) is 13.1. The summed E-state index contributed by atoms with van der Waals surface area (Å²) in [5, 5.41) is 7.02. The van der Waals surface area contributed by atoms with Gasteiger partial charge in [-0.15, -0.1) is 11.3 Å². The molecule has 0 aliphatic heterocycles. The van der Waals surface area contributed by atoms with E-state index in [-0.39, 0.29) is 16.6 Å². The van der Waals surface area contributed by atoms with Crippen molar-refractivity contribution in [3.63, 3.8) is 0 Å². The lowest BCUT2D eigenvalue weighted by atomic mass is 9.98. The van der Waals surface area contributed by atoms with E-state index in [9.17, 15) is 31.1 Å². The first-order valence-corrected chi connectivity index (χ1v) is 10.4. The van der Waals surface area contributed by atoms with E-state index in [1.54, 1.807) is 12.1 Å². The third-order valence-electron chi connectivity index (χ3n) is 4.85. The Morgan fingerprint density at radius 1 is 1.12 bits per heavy atom. The smallest absolute Gasteiger partial charge is 0.416 e. The molecule has 6 nitrogen and oxygen atoms in total. The molecule has 0 saturated carbocycles. The summed E-state index contributed by atoms with van der Waals surface area (Å²) < 4.78 is 85.6. The van der Waals surface area contributed by atoms with E-state index >= 15 is 0 Å². The van der Waals surface area contributed by atoms with Gasteiger partial charge in [0.05, 0.1) is 41.5 Å². The molecule has 0 saturated heterocycles. The monoisotopic (exact) mass is 500 g/mol. The van der Waals surface area contributed by atoms with E-state index in [4.69, 9.17) is 4.42 Å². The fraction of sp³-hybridized carbons (Fsp3) is 0.190. The molecule has 4 aromatic rings. The van der Waals surface area contributed by atoms with Gasteiger partial charge in [0.15, 0.2) is 10.8 Å². The molecule has 0 radical (unpaired) electrons. The number of benzene rings is 1. The average molecular weight is 500 g/mol. The number of thiazole rings is 1. The number of nitrogens with one attached hydrogen (secondary N) is 1. The van der Waals surface area contributed by atoms with Crippen molar-refractivity contribution in [2.75, 3.05) is 5.32 Å². The minimum atomic E-state index is -5.01. The molecule has 0 spiro atoms. The predicted molar refractivity (Wildman–Crippen MR) is 110 cm³/mol. The highest BCUT2D eigenvalue weighted by Gasteiger charge is 2.39. The van der Waals surface area contributed by atoms with Crippen LogP contribution < -0.4 is 5.32 Å². The fourth-order valence-corrected chi connectivity index (χ4v) is 3.96. The van der Waals surface area contributed by atoms with Crippen LogP contribution in [0.5, 0.6) is 0 Å². The topological polar surface area (TPSA) is 73.0 Å². The highest BCUT2D eigenvalue weighted by Crippen LogP contribution is 2.40. The molecule has 3 aromatic heterocycles. The molecule has 1 atom stereocenters. The van der Waals surface area contributed by atoms with Gasteiger partial charge in [-0.1, -0.05) is 6.07 Å². The van der Waals surface area contributed by atoms with Gasteiger partial charge in [0.2, 0.25) is 0 Å². The summed E-state index contributed by atoms with van der Waals surface area (Å²) >= 11 is 1.07. The zero-order valence-electron chi connectivity index (χ0n) is 17.1. The van der Waals surface area contributed by atoms with Crippen molar-refractivity contribution in [3.8, 4) is 10.8 Å². The lowest BCUT2D eigenvalue weighted by Crippen LogP contribution is -2.17. The predicted octanol–water partition coefficient (Wildman–Crippen LogP) is 6.50. The van der Waals surface area contributed by atoms with E-state index in [1.807, 2.05) is 0 Å². The maximum absolute atomic E-state index is 13.5. The molecule has 1 amide bonds. The summed E-state index contributed by atoms with van der Waals surface area (Å²) in [5.74, 6) is -0.0317. The Balaban J connectivity index is 1.55. The van der Waals surface area contributed by atoms with Crippen LogP contribution in [-0.2, 0) is 12.4 Å². The number of carbonyl (C=O) groups is 1. The van der Waals surface area contributed by atoms with Crippen LogP contribution in [0.2, 0.25) is 0 Å². The van der Waals surface area contributed by atoms with Crippen molar-refractivity contribution in [3.05, 3.63) is 76.8 Å². The van der Waals surface area contributed by atoms with E-state index in [2.05, 4.69) is 15.4 Å². The number of rotatable bonds is 5. The lowest BCUT2D eigenvalue weighted by Gasteiger charge is -2.20. The Morgan fingerprint density at radius 2 is 1.88 bits per heavy atom. The number of hydrogen-bond donors (Lipinski definition) is 1. The van der Waals surface area contributed by atoms with Gasteiger partial charge in [0.1, 0.15) is 4.88 Å². The first kappa shape index (κ1) is 23.5. The molecule has 3 heterocycles. The van der Waals surface area contributed by atoms with Crippen LogP contribution in [0.4, 0.5) is 32.0 Å². The number of anilines is 1. The van der Waals surface area contributed by atoms with Crippen LogP contribution in [0.3, 0.4) is 0 Å². The molecule has 178 valence electrons. The highest BCUT2D eigenvalue weighted by atomic mass is 32.1. The lowest BCUT2D eigenvalue weighted by molar-refractivity contribution is -0.143. The van der Waals surface area contributed by atoms with Crippen LogP contribution in [0.1, 0.15) is 39.3 Å². The Hall–Kier alpha value is -3.61. The summed E-state index contributed by atoms with van der Waals surface area (Å²) in [6, 6.07) is 3.74. The largest absolute Gasteiger partial charge is 0.462 e. The summed E-state index contributed by atoms with van der Waals surface area (Å²) in [7, 11) is 0. The first-order valence-electron chi connectivity index (χ1n) is 9.57. The van der Waals surface area contributed by atoms with Crippen LogP contribution in [0.15, 0.2) is 59.6 Å². The number of hydrogen-bond acceptors (Lipinski definition) is 5. The first-order chi connectivity index (χ1) is 15.9. The standard InChI is InChI=1S/C21H14F6N4O2S/c1-11(14-5-4-12(20(22,23)24)7-15(14)21(25,26)27)31-10-13(8-29-31)30-18(32)17-9-28-19(34-17)16-3-2-6-33-16/h2-11H,1H3,(H,30,32). The third-order valence-corrected chi connectivity index (χ3v) is 5.86. The number of furan rings is 1. The second kappa shape index (κ2) is 8.63. The van der Waals surface area contributed by atoms with Gasteiger partial charge in [-0.25, -0.2) is 4.98 Å². The second-order valence-corrected chi connectivity index (χ2v) is 8.17. The van der Waals surface area contributed by atoms with E-state index in [1.165, 1.54) is 31.8 Å². The van der Waals surface area contributed by atoms with Crippen molar-refractivity contribution in [2.45, 2.75) is 25.3 Å². The van der Waals surface area contributed by atoms with Gasteiger partial charge in [0.25, 0.3) is 5.91 Å². The van der Waals surface area contributed by atoms with E-state index in [0.29, 0.717) is 16.8 Å².